The van der Waals surface area contributed by atoms with Gasteiger partial charge in [-0.2, -0.15) is 0 Å². The Morgan fingerprint density at radius 3 is 2.60 bits per heavy atom. The van der Waals surface area contributed by atoms with E-state index in [-0.39, 0.29) is 17.4 Å². The van der Waals surface area contributed by atoms with E-state index in [4.69, 9.17) is 5.73 Å². The summed E-state index contributed by atoms with van der Waals surface area (Å²) in [4.78, 5) is 11.9. The Balaban J connectivity index is 2.74. The summed E-state index contributed by atoms with van der Waals surface area (Å²) in [5.74, 6) is -0.147. The van der Waals surface area contributed by atoms with Crippen molar-refractivity contribution in [3.63, 3.8) is 0 Å². The van der Waals surface area contributed by atoms with Crippen LogP contribution in [0.4, 0.5) is 0 Å². The molecule has 4 heteroatoms. The van der Waals surface area contributed by atoms with Gasteiger partial charge in [-0.15, -0.1) is 0 Å². The molecule has 1 amide bonds. The lowest BCUT2D eigenvalue weighted by atomic mass is 10.1. The number of hydrogen-bond acceptors (Lipinski definition) is 2. The summed E-state index contributed by atoms with van der Waals surface area (Å²) < 4.78 is 0. The first kappa shape index (κ1) is 11.7. The monoisotopic (exact) mass is 222 g/mol. The normalized spacial score (nSPS) is 9.73. The molecule has 0 spiro atoms. The largest absolute Gasteiger partial charge is 0.392 e. The molecule has 0 atom stereocenters. The van der Waals surface area contributed by atoms with Crippen LogP contribution in [0.25, 0.3) is 0 Å². The highest BCUT2D eigenvalue weighted by Gasteiger charge is 2.05. The van der Waals surface area contributed by atoms with Crippen molar-refractivity contribution in [3.05, 3.63) is 34.9 Å². The first-order valence-corrected chi connectivity index (χ1v) is 5.05. The number of nitrogens with two attached hydrogens (primary N) is 1. The molecule has 3 N–H and O–H groups in total. The Bertz CT molecular complexity index is 402. The smallest absolute Gasteiger partial charge is 0.251 e. The minimum absolute atomic E-state index is 0.147. The molecule has 1 rings (SSSR count). The van der Waals surface area contributed by atoms with Crippen LogP contribution in [0.2, 0.25) is 0 Å². The summed E-state index contributed by atoms with van der Waals surface area (Å²) in [5.41, 5.74) is 8.19. The van der Waals surface area contributed by atoms with Gasteiger partial charge in [0, 0.05) is 5.56 Å². The van der Waals surface area contributed by atoms with Crippen LogP contribution in [0.3, 0.4) is 0 Å². The number of nitrogens with one attached hydrogen (secondary N) is 1. The van der Waals surface area contributed by atoms with Crippen LogP contribution in [0.5, 0.6) is 0 Å². The molecule has 0 aliphatic heterocycles. The third-order valence-corrected chi connectivity index (χ3v) is 2.34. The number of hydrogen-bond donors (Lipinski definition) is 2. The van der Waals surface area contributed by atoms with Gasteiger partial charge in [-0.25, -0.2) is 0 Å². The Labute approximate surface area is 94.7 Å². The van der Waals surface area contributed by atoms with Crippen molar-refractivity contribution in [2.24, 2.45) is 5.73 Å². The number of carbonyl (C=O) groups is 1. The standard InChI is InChI=1S/C11H14N2OS/c1-7-3-4-9(5-8(7)2)11(14)13-6-10(12)15/h3-5H,6H2,1-2H3,(H2,12,15)(H,13,14). The first-order valence-electron chi connectivity index (χ1n) is 4.64. The number of amides is 1. The summed E-state index contributed by atoms with van der Waals surface area (Å²) in [6.45, 7) is 4.22. The van der Waals surface area contributed by atoms with Crippen LogP contribution in [-0.4, -0.2) is 17.4 Å². The van der Waals surface area contributed by atoms with Crippen molar-refractivity contribution in [3.8, 4) is 0 Å². The fraction of sp³-hybridized carbons (Fsp3) is 0.273. The second-order valence-corrected chi connectivity index (χ2v) is 3.97. The molecule has 15 heavy (non-hydrogen) atoms. The van der Waals surface area contributed by atoms with Crippen LogP contribution in [0.15, 0.2) is 18.2 Å². The van der Waals surface area contributed by atoms with Gasteiger partial charge in [0.25, 0.3) is 5.91 Å². The van der Waals surface area contributed by atoms with E-state index in [9.17, 15) is 4.79 Å². The zero-order valence-corrected chi connectivity index (χ0v) is 9.65. The van der Waals surface area contributed by atoms with Gasteiger partial charge < -0.3 is 11.1 Å². The third kappa shape index (κ3) is 3.32. The molecule has 0 fully saturated rings. The quantitative estimate of drug-likeness (QED) is 0.758. The molecule has 0 aliphatic carbocycles. The number of aryl methyl sites for hydroxylation is 2. The predicted molar refractivity (Wildman–Crippen MR) is 65.0 cm³/mol. The summed E-state index contributed by atoms with van der Waals surface area (Å²) in [6, 6.07) is 5.56. The Hall–Kier alpha value is -1.42. The second-order valence-electron chi connectivity index (χ2n) is 3.45. The maximum atomic E-state index is 11.6. The fourth-order valence-corrected chi connectivity index (χ4v) is 1.22. The molecule has 0 radical (unpaired) electrons. The minimum Gasteiger partial charge on any atom is -0.392 e. The molecule has 80 valence electrons. The highest BCUT2D eigenvalue weighted by Crippen LogP contribution is 2.09. The highest BCUT2D eigenvalue weighted by atomic mass is 32.1. The van der Waals surface area contributed by atoms with E-state index in [1.165, 1.54) is 5.56 Å². The zero-order chi connectivity index (χ0) is 11.4. The third-order valence-electron chi connectivity index (χ3n) is 2.19. The van der Waals surface area contributed by atoms with Crippen molar-refractivity contribution in [2.75, 3.05) is 6.54 Å². The van der Waals surface area contributed by atoms with Gasteiger partial charge in [0.05, 0.1) is 11.5 Å². The number of benzene rings is 1. The summed E-state index contributed by atoms with van der Waals surface area (Å²) in [5, 5.41) is 2.64. The lowest BCUT2D eigenvalue weighted by molar-refractivity contribution is 0.0959. The predicted octanol–water partition coefficient (Wildman–Crippen LogP) is 1.32. The molecule has 0 saturated heterocycles. The Kier molecular flexibility index (Phi) is 3.80. The molecule has 0 aromatic heterocycles. The molecule has 0 bridgehead atoms. The SMILES string of the molecule is Cc1ccc(C(=O)NCC(N)=S)cc1C. The van der Waals surface area contributed by atoms with E-state index in [1.807, 2.05) is 26.0 Å². The van der Waals surface area contributed by atoms with Crippen molar-refractivity contribution in [2.45, 2.75) is 13.8 Å². The van der Waals surface area contributed by atoms with E-state index in [0.717, 1.165) is 5.56 Å². The lowest BCUT2D eigenvalue weighted by Gasteiger charge is -2.06. The molecule has 0 unspecified atom stereocenters. The van der Waals surface area contributed by atoms with Crippen LogP contribution in [-0.2, 0) is 0 Å². The average Bonchev–Trinajstić information content (AvgIpc) is 2.18. The van der Waals surface area contributed by atoms with Gasteiger partial charge in [-0.3, -0.25) is 4.79 Å². The van der Waals surface area contributed by atoms with Crippen LogP contribution >= 0.6 is 12.2 Å². The van der Waals surface area contributed by atoms with E-state index < -0.39 is 0 Å². The second kappa shape index (κ2) is 4.89. The van der Waals surface area contributed by atoms with Crippen LogP contribution in [0.1, 0.15) is 21.5 Å². The molecule has 0 aliphatic rings. The van der Waals surface area contributed by atoms with Gasteiger partial charge in [0.1, 0.15) is 0 Å². The van der Waals surface area contributed by atoms with E-state index >= 15 is 0 Å². The van der Waals surface area contributed by atoms with Crippen LogP contribution in [0, 0.1) is 13.8 Å². The van der Waals surface area contributed by atoms with E-state index in [1.54, 1.807) is 6.07 Å². The number of thiocarbonyl (C=S) groups is 1. The minimum atomic E-state index is -0.147. The van der Waals surface area contributed by atoms with Crippen molar-refractivity contribution in [1.29, 1.82) is 0 Å². The van der Waals surface area contributed by atoms with E-state index in [2.05, 4.69) is 17.5 Å². The topological polar surface area (TPSA) is 55.1 Å². The maximum absolute atomic E-state index is 11.6. The van der Waals surface area contributed by atoms with Crippen molar-refractivity contribution in [1.82, 2.24) is 5.32 Å². The van der Waals surface area contributed by atoms with Gasteiger partial charge in [-0.05, 0) is 37.1 Å². The molecule has 0 saturated carbocycles. The molecule has 0 heterocycles. The number of carbonyl (C=O) groups excluding carboxylic acids is 1. The molecule has 3 nitrogen and oxygen atoms in total. The van der Waals surface area contributed by atoms with Gasteiger partial charge >= 0.3 is 0 Å². The Morgan fingerprint density at radius 2 is 2.07 bits per heavy atom. The molecular weight excluding hydrogens is 208 g/mol. The number of rotatable bonds is 3. The van der Waals surface area contributed by atoms with Gasteiger partial charge in [-0.1, -0.05) is 18.3 Å². The van der Waals surface area contributed by atoms with Crippen molar-refractivity contribution >= 4 is 23.1 Å². The zero-order valence-electron chi connectivity index (χ0n) is 8.83. The van der Waals surface area contributed by atoms with Crippen molar-refractivity contribution < 1.29 is 4.79 Å². The molecular formula is C11H14N2OS. The first-order chi connectivity index (χ1) is 7.00. The van der Waals surface area contributed by atoms with Gasteiger partial charge in [0.2, 0.25) is 0 Å². The summed E-state index contributed by atoms with van der Waals surface area (Å²) in [6.07, 6.45) is 0. The molecule has 1 aromatic rings. The lowest BCUT2D eigenvalue weighted by Crippen LogP contribution is -2.32. The maximum Gasteiger partial charge on any atom is 0.251 e. The Morgan fingerprint density at radius 1 is 1.40 bits per heavy atom. The fourth-order valence-electron chi connectivity index (χ4n) is 1.15. The molecule has 1 aromatic carbocycles. The summed E-state index contributed by atoms with van der Waals surface area (Å²) >= 11 is 4.67. The average molecular weight is 222 g/mol. The van der Waals surface area contributed by atoms with E-state index in [0.29, 0.717) is 5.56 Å². The summed E-state index contributed by atoms with van der Waals surface area (Å²) in [7, 11) is 0. The highest BCUT2D eigenvalue weighted by molar-refractivity contribution is 7.80. The van der Waals surface area contributed by atoms with Gasteiger partial charge in [0.15, 0.2) is 0 Å². The van der Waals surface area contributed by atoms with Crippen LogP contribution < -0.4 is 11.1 Å².